The second kappa shape index (κ2) is 16.9. The Morgan fingerprint density at radius 1 is 0.717 bits per heavy atom. The van der Waals surface area contributed by atoms with Crippen LogP contribution in [0.2, 0.25) is 0 Å². The maximum absolute atomic E-state index is 13.9. The van der Waals surface area contributed by atoms with Crippen molar-refractivity contribution in [1.29, 1.82) is 0 Å². The maximum atomic E-state index is 13.9. The number of hydrogen-bond donors (Lipinski definition) is 1. The Balaban J connectivity index is 1.40. The molecular formula is C38H58F9N3O3. The van der Waals surface area contributed by atoms with Gasteiger partial charge in [-0.05, 0) is 123 Å². The molecule has 0 saturated heterocycles. The third-order valence-corrected chi connectivity index (χ3v) is 14.1. The minimum absolute atomic E-state index is 0.0743. The Labute approximate surface area is 307 Å². The van der Waals surface area contributed by atoms with E-state index in [0.29, 0.717) is 59.2 Å². The van der Waals surface area contributed by atoms with Crippen molar-refractivity contribution in [2.24, 2.45) is 46.3 Å². The summed E-state index contributed by atoms with van der Waals surface area (Å²) in [5.41, 5.74) is 0.226. The van der Waals surface area contributed by atoms with Gasteiger partial charge in [-0.25, -0.2) is 0 Å². The monoisotopic (exact) mass is 775 g/mol. The summed E-state index contributed by atoms with van der Waals surface area (Å²) >= 11 is 0. The molecule has 9 atom stereocenters. The van der Waals surface area contributed by atoms with E-state index in [-0.39, 0.29) is 30.6 Å². The van der Waals surface area contributed by atoms with E-state index in [9.17, 15) is 53.9 Å². The molecule has 4 saturated carbocycles. The lowest BCUT2D eigenvalue weighted by molar-refractivity contribution is -0.191. The molecule has 0 radical (unpaired) electrons. The van der Waals surface area contributed by atoms with Crippen molar-refractivity contribution in [3.63, 3.8) is 0 Å². The summed E-state index contributed by atoms with van der Waals surface area (Å²) in [7, 11) is 0. The van der Waals surface area contributed by atoms with E-state index in [1.54, 1.807) is 5.32 Å². The molecule has 4 aliphatic carbocycles. The lowest BCUT2D eigenvalue weighted by Crippen LogP contribution is -2.57. The smallest absolute Gasteiger partial charge is 0.348 e. The predicted octanol–water partition coefficient (Wildman–Crippen LogP) is 9.47. The van der Waals surface area contributed by atoms with Gasteiger partial charge in [-0.15, -0.1) is 0 Å². The first-order valence-corrected chi connectivity index (χ1v) is 19.6. The van der Waals surface area contributed by atoms with Crippen LogP contribution in [-0.4, -0.2) is 78.3 Å². The van der Waals surface area contributed by atoms with Gasteiger partial charge >= 0.3 is 36.3 Å². The Bertz CT molecular complexity index is 1270. The molecular weight excluding hydrogens is 717 g/mol. The van der Waals surface area contributed by atoms with Crippen LogP contribution in [0.4, 0.5) is 39.5 Å². The van der Waals surface area contributed by atoms with Crippen LogP contribution in [0.15, 0.2) is 0 Å². The van der Waals surface area contributed by atoms with Crippen molar-refractivity contribution in [2.45, 2.75) is 149 Å². The van der Waals surface area contributed by atoms with E-state index in [0.717, 1.165) is 30.6 Å². The highest BCUT2D eigenvalue weighted by Crippen LogP contribution is 2.68. The van der Waals surface area contributed by atoms with Crippen molar-refractivity contribution >= 4 is 17.7 Å². The molecule has 306 valence electrons. The van der Waals surface area contributed by atoms with Crippen LogP contribution in [0, 0.1) is 46.3 Å². The maximum Gasteiger partial charge on any atom is 0.471 e. The number of hydrogen-bond acceptors (Lipinski definition) is 3. The summed E-state index contributed by atoms with van der Waals surface area (Å²) < 4.78 is 119. The molecule has 3 unspecified atom stereocenters. The molecule has 4 fully saturated rings. The molecule has 3 amide bonds. The van der Waals surface area contributed by atoms with E-state index in [1.165, 1.54) is 32.1 Å². The highest BCUT2D eigenvalue weighted by atomic mass is 19.4. The van der Waals surface area contributed by atoms with Crippen molar-refractivity contribution in [3.05, 3.63) is 0 Å². The molecule has 0 aromatic heterocycles. The number of fused-ring (bicyclic) bond motifs is 5. The van der Waals surface area contributed by atoms with Crippen LogP contribution >= 0.6 is 0 Å². The number of alkyl halides is 9. The normalized spacial score (nSPS) is 32.2. The molecule has 1 N–H and O–H groups in total. The SMILES string of the molecule is CCCC[C@@H](C)[C@H]1CCC2C3CC[C@H]4C[C@@H](N(CCCN(CCCCNC(=O)C(F)(F)F)C(=O)C(F)(F)F)C(=O)C(F)(F)F)CC[C@]4(C)C3CC[C@@]21C. The molecule has 15 heteroatoms. The fourth-order valence-electron chi connectivity index (χ4n) is 11.5. The van der Waals surface area contributed by atoms with Gasteiger partial charge in [-0.2, -0.15) is 39.5 Å². The second-order valence-corrected chi connectivity index (χ2v) is 17.0. The third kappa shape index (κ3) is 9.78. The lowest BCUT2D eigenvalue weighted by atomic mass is 9.44. The summed E-state index contributed by atoms with van der Waals surface area (Å²) in [6, 6.07) is -0.744. The molecule has 6 nitrogen and oxygen atoms in total. The van der Waals surface area contributed by atoms with Crippen molar-refractivity contribution in [3.8, 4) is 0 Å². The summed E-state index contributed by atoms with van der Waals surface area (Å²) in [5.74, 6) is -3.33. The average Bonchev–Trinajstić information content (AvgIpc) is 3.43. The lowest BCUT2D eigenvalue weighted by Gasteiger charge is -2.62. The number of unbranched alkanes of at least 4 members (excludes halogenated alkanes) is 2. The van der Waals surface area contributed by atoms with Gasteiger partial charge < -0.3 is 15.1 Å². The fourth-order valence-corrected chi connectivity index (χ4v) is 11.5. The van der Waals surface area contributed by atoms with Crippen LogP contribution in [0.25, 0.3) is 0 Å². The average molecular weight is 776 g/mol. The molecule has 0 aromatic rings. The Morgan fingerprint density at radius 2 is 1.34 bits per heavy atom. The number of rotatable bonds is 14. The van der Waals surface area contributed by atoms with Gasteiger partial charge in [-0.3, -0.25) is 14.4 Å². The highest BCUT2D eigenvalue weighted by Gasteiger charge is 2.61. The van der Waals surface area contributed by atoms with Crippen molar-refractivity contribution < 1.29 is 53.9 Å². The van der Waals surface area contributed by atoms with Crippen LogP contribution in [0.1, 0.15) is 124 Å². The van der Waals surface area contributed by atoms with Gasteiger partial charge in [-0.1, -0.05) is 47.0 Å². The number of nitrogens with zero attached hydrogens (tertiary/aromatic N) is 2. The van der Waals surface area contributed by atoms with Gasteiger partial charge in [0.25, 0.3) is 0 Å². The van der Waals surface area contributed by atoms with Gasteiger partial charge in [0, 0.05) is 32.2 Å². The topological polar surface area (TPSA) is 69.7 Å². The Morgan fingerprint density at radius 3 is 1.96 bits per heavy atom. The molecule has 0 aliphatic heterocycles. The minimum Gasteiger partial charge on any atom is -0.348 e. The van der Waals surface area contributed by atoms with E-state index in [1.807, 2.05) is 0 Å². The standard InChI is InChI=1S/C38H58F9N3O3/c1-5-6-10-24(2)28-13-14-29-27-12-11-25-23-26(15-17-34(25,3)30(27)16-18-35(28,29)4)50(33(53)38(45,46)47)22-9-21-49(32(52)37(42,43)44)20-8-7-19-48-31(51)36(39,40)41/h24-30H,5-23H2,1-4H3,(H,48,51)/t24-,25+,26+,27?,28-,29?,30?,34+,35-/m1/s1. The van der Waals surface area contributed by atoms with E-state index < -0.39 is 68.5 Å². The second-order valence-electron chi connectivity index (χ2n) is 17.0. The highest BCUT2D eigenvalue weighted by molar-refractivity contribution is 5.83. The zero-order chi connectivity index (χ0) is 39.6. The first kappa shape index (κ1) is 43.5. The van der Waals surface area contributed by atoms with Crippen molar-refractivity contribution in [1.82, 2.24) is 15.1 Å². The first-order chi connectivity index (χ1) is 24.6. The first-order valence-electron chi connectivity index (χ1n) is 19.6. The number of halogens is 9. The van der Waals surface area contributed by atoms with E-state index in [2.05, 4.69) is 27.7 Å². The molecule has 0 heterocycles. The molecule has 4 aliphatic rings. The Hall–Kier alpha value is -2.22. The molecule has 0 spiro atoms. The van der Waals surface area contributed by atoms with Crippen LogP contribution in [-0.2, 0) is 14.4 Å². The number of carbonyl (C=O) groups excluding carboxylic acids is 3. The number of carbonyl (C=O) groups is 3. The molecule has 53 heavy (non-hydrogen) atoms. The summed E-state index contributed by atoms with van der Waals surface area (Å²) in [4.78, 5) is 37.1. The minimum atomic E-state index is -5.29. The van der Waals surface area contributed by atoms with Crippen molar-refractivity contribution in [2.75, 3.05) is 26.2 Å². The van der Waals surface area contributed by atoms with E-state index in [4.69, 9.17) is 0 Å². The largest absolute Gasteiger partial charge is 0.471 e. The number of nitrogens with one attached hydrogen (secondary N) is 1. The zero-order valence-corrected chi connectivity index (χ0v) is 31.5. The van der Waals surface area contributed by atoms with E-state index >= 15 is 0 Å². The molecule has 4 rings (SSSR count). The van der Waals surface area contributed by atoms with Gasteiger partial charge in [0.2, 0.25) is 0 Å². The van der Waals surface area contributed by atoms with Crippen LogP contribution < -0.4 is 5.32 Å². The predicted molar refractivity (Wildman–Crippen MR) is 181 cm³/mol. The third-order valence-electron chi connectivity index (χ3n) is 14.1. The zero-order valence-electron chi connectivity index (χ0n) is 31.5. The molecule has 0 bridgehead atoms. The summed E-state index contributed by atoms with van der Waals surface area (Å²) in [6.45, 7) is 7.28. The Kier molecular flexibility index (Phi) is 13.9. The number of amides is 3. The molecule has 0 aromatic carbocycles. The van der Waals surface area contributed by atoms with Gasteiger partial charge in [0.05, 0.1) is 0 Å². The summed E-state index contributed by atoms with van der Waals surface area (Å²) in [6.07, 6.45) is -4.68. The van der Waals surface area contributed by atoms with Crippen LogP contribution in [0.5, 0.6) is 0 Å². The summed E-state index contributed by atoms with van der Waals surface area (Å²) in [5, 5.41) is 1.60. The quantitative estimate of drug-likeness (QED) is 0.141. The fraction of sp³-hybridized carbons (Fsp3) is 0.921. The van der Waals surface area contributed by atoms with Crippen LogP contribution in [0.3, 0.4) is 0 Å². The van der Waals surface area contributed by atoms with Gasteiger partial charge in [0.1, 0.15) is 0 Å². The van der Waals surface area contributed by atoms with Gasteiger partial charge in [0.15, 0.2) is 0 Å².